The first-order valence-corrected chi connectivity index (χ1v) is 9.26. The molecule has 0 atom stereocenters. The van der Waals surface area contributed by atoms with Crippen molar-refractivity contribution >= 4 is 23.1 Å². The van der Waals surface area contributed by atoms with Gasteiger partial charge >= 0.3 is 0 Å². The van der Waals surface area contributed by atoms with Gasteiger partial charge in [-0.2, -0.15) is 0 Å². The quantitative estimate of drug-likeness (QED) is 0.726. The molecule has 0 unspecified atom stereocenters. The summed E-state index contributed by atoms with van der Waals surface area (Å²) >= 11 is 1.46. The van der Waals surface area contributed by atoms with Crippen LogP contribution < -0.4 is 10.2 Å². The SMILES string of the molecule is Cc1nc(Cc2ccccc2)sc1C(=O)NCc1cccnc1N(C)C. The van der Waals surface area contributed by atoms with Gasteiger partial charge in [0.2, 0.25) is 0 Å². The van der Waals surface area contributed by atoms with E-state index >= 15 is 0 Å². The van der Waals surface area contributed by atoms with E-state index in [9.17, 15) is 4.79 Å². The van der Waals surface area contributed by atoms with Crippen LogP contribution in [0.15, 0.2) is 48.7 Å². The van der Waals surface area contributed by atoms with Gasteiger partial charge in [-0.25, -0.2) is 9.97 Å². The molecule has 0 fully saturated rings. The highest BCUT2D eigenvalue weighted by Crippen LogP contribution is 2.21. The molecule has 0 spiro atoms. The van der Waals surface area contributed by atoms with Crippen LogP contribution >= 0.6 is 11.3 Å². The number of nitrogens with zero attached hydrogens (tertiary/aromatic N) is 3. The lowest BCUT2D eigenvalue weighted by atomic mass is 10.2. The smallest absolute Gasteiger partial charge is 0.263 e. The van der Waals surface area contributed by atoms with Gasteiger partial charge in [0.15, 0.2) is 0 Å². The van der Waals surface area contributed by atoms with Crippen LogP contribution in [0, 0.1) is 6.92 Å². The van der Waals surface area contributed by atoms with Crippen LogP contribution in [-0.2, 0) is 13.0 Å². The van der Waals surface area contributed by atoms with E-state index in [1.54, 1.807) is 6.20 Å². The molecule has 0 saturated heterocycles. The second-order valence-corrected chi connectivity index (χ2v) is 7.33. The summed E-state index contributed by atoms with van der Waals surface area (Å²) in [6.45, 7) is 2.32. The second kappa shape index (κ2) is 8.10. The van der Waals surface area contributed by atoms with Crippen molar-refractivity contribution in [2.24, 2.45) is 0 Å². The Labute approximate surface area is 157 Å². The summed E-state index contributed by atoms with van der Waals surface area (Å²) in [5.41, 5.74) is 2.95. The normalized spacial score (nSPS) is 10.6. The highest BCUT2D eigenvalue weighted by atomic mass is 32.1. The maximum atomic E-state index is 12.6. The molecule has 3 aromatic rings. The number of pyridine rings is 1. The zero-order valence-electron chi connectivity index (χ0n) is 15.2. The van der Waals surface area contributed by atoms with Gasteiger partial charge in [-0.3, -0.25) is 4.79 Å². The van der Waals surface area contributed by atoms with Gasteiger partial charge in [-0.15, -0.1) is 11.3 Å². The van der Waals surface area contributed by atoms with Crippen LogP contribution in [-0.4, -0.2) is 30.0 Å². The highest BCUT2D eigenvalue weighted by molar-refractivity contribution is 7.13. The highest BCUT2D eigenvalue weighted by Gasteiger charge is 2.16. The number of thiazole rings is 1. The Bertz CT molecular complexity index is 890. The predicted molar refractivity (Wildman–Crippen MR) is 106 cm³/mol. The van der Waals surface area contributed by atoms with E-state index in [4.69, 9.17) is 0 Å². The Balaban J connectivity index is 1.69. The fraction of sp³-hybridized carbons (Fsp3) is 0.250. The van der Waals surface area contributed by atoms with E-state index in [1.165, 1.54) is 16.9 Å². The van der Waals surface area contributed by atoms with Gasteiger partial charge in [0, 0.05) is 38.8 Å². The number of rotatable bonds is 6. The number of aromatic nitrogens is 2. The van der Waals surface area contributed by atoms with Crippen molar-refractivity contribution in [3.05, 3.63) is 75.4 Å². The third-order valence-electron chi connectivity index (χ3n) is 3.98. The lowest BCUT2D eigenvalue weighted by molar-refractivity contribution is 0.0954. The molecule has 0 aliphatic rings. The number of amides is 1. The maximum Gasteiger partial charge on any atom is 0.263 e. The van der Waals surface area contributed by atoms with Gasteiger partial charge in [-0.05, 0) is 18.6 Å². The van der Waals surface area contributed by atoms with Crippen LogP contribution in [0.2, 0.25) is 0 Å². The van der Waals surface area contributed by atoms with Gasteiger partial charge in [-0.1, -0.05) is 36.4 Å². The summed E-state index contributed by atoms with van der Waals surface area (Å²) < 4.78 is 0. The molecule has 0 aliphatic heterocycles. The minimum Gasteiger partial charge on any atom is -0.362 e. The Kier molecular flexibility index (Phi) is 5.63. The van der Waals surface area contributed by atoms with Crippen molar-refractivity contribution in [3.8, 4) is 0 Å². The number of nitrogens with one attached hydrogen (secondary N) is 1. The number of carbonyl (C=O) groups is 1. The first-order chi connectivity index (χ1) is 12.5. The summed E-state index contributed by atoms with van der Waals surface area (Å²) in [7, 11) is 3.88. The van der Waals surface area contributed by atoms with Crippen molar-refractivity contribution in [2.45, 2.75) is 19.9 Å². The number of aryl methyl sites for hydroxylation is 1. The number of hydrogen-bond donors (Lipinski definition) is 1. The lowest BCUT2D eigenvalue weighted by Gasteiger charge is -2.15. The van der Waals surface area contributed by atoms with Crippen LogP contribution in [0.1, 0.15) is 31.5 Å². The second-order valence-electron chi connectivity index (χ2n) is 6.25. The molecule has 1 amide bonds. The number of hydrogen-bond acceptors (Lipinski definition) is 5. The fourth-order valence-electron chi connectivity index (χ4n) is 2.74. The zero-order valence-corrected chi connectivity index (χ0v) is 16.0. The van der Waals surface area contributed by atoms with Crippen molar-refractivity contribution < 1.29 is 4.79 Å². The Morgan fingerprint density at radius 2 is 1.92 bits per heavy atom. The number of benzene rings is 1. The van der Waals surface area contributed by atoms with E-state index in [1.807, 2.05) is 56.3 Å². The molecule has 5 nitrogen and oxygen atoms in total. The van der Waals surface area contributed by atoms with Crippen molar-refractivity contribution in [1.82, 2.24) is 15.3 Å². The first kappa shape index (κ1) is 18.1. The molecule has 2 aromatic heterocycles. The Morgan fingerprint density at radius 1 is 1.15 bits per heavy atom. The van der Waals surface area contributed by atoms with E-state index in [0.717, 1.165) is 28.5 Å². The molecule has 0 radical (unpaired) electrons. The van der Waals surface area contributed by atoms with Crippen molar-refractivity contribution in [3.63, 3.8) is 0 Å². The topological polar surface area (TPSA) is 58.1 Å². The minimum atomic E-state index is -0.0899. The molecule has 1 aromatic carbocycles. The summed E-state index contributed by atoms with van der Waals surface area (Å²) in [5, 5.41) is 3.95. The van der Waals surface area contributed by atoms with Gasteiger partial charge < -0.3 is 10.2 Å². The minimum absolute atomic E-state index is 0.0899. The van der Waals surface area contributed by atoms with E-state index < -0.39 is 0 Å². The predicted octanol–water partition coefficient (Wildman–Crippen LogP) is 3.43. The zero-order chi connectivity index (χ0) is 18.5. The standard InChI is InChI=1S/C20H22N4OS/c1-14-18(26-17(23-14)12-15-8-5-4-6-9-15)20(25)22-13-16-10-7-11-21-19(16)24(2)3/h4-11H,12-13H2,1-3H3,(H,22,25). The average Bonchev–Trinajstić information content (AvgIpc) is 3.01. The Hall–Kier alpha value is -2.73. The van der Waals surface area contributed by atoms with Crippen molar-refractivity contribution in [1.29, 1.82) is 0 Å². The number of anilines is 1. The molecular formula is C20H22N4OS. The largest absolute Gasteiger partial charge is 0.362 e. The molecule has 0 saturated carbocycles. The monoisotopic (exact) mass is 366 g/mol. The third-order valence-corrected chi connectivity index (χ3v) is 5.13. The van der Waals surface area contributed by atoms with Gasteiger partial charge in [0.1, 0.15) is 10.7 Å². The van der Waals surface area contributed by atoms with Crippen LogP contribution in [0.3, 0.4) is 0 Å². The summed E-state index contributed by atoms with van der Waals surface area (Å²) in [6.07, 6.45) is 2.50. The average molecular weight is 366 g/mol. The van der Waals surface area contributed by atoms with Crippen molar-refractivity contribution in [2.75, 3.05) is 19.0 Å². The molecular weight excluding hydrogens is 344 g/mol. The van der Waals surface area contributed by atoms with Gasteiger partial charge in [0.25, 0.3) is 5.91 Å². The maximum absolute atomic E-state index is 12.6. The molecule has 2 heterocycles. The fourth-order valence-corrected chi connectivity index (χ4v) is 3.75. The molecule has 0 aliphatic carbocycles. The number of carbonyl (C=O) groups excluding carboxylic acids is 1. The lowest BCUT2D eigenvalue weighted by Crippen LogP contribution is -2.24. The summed E-state index contributed by atoms with van der Waals surface area (Å²) in [6, 6.07) is 14.0. The molecule has 1 N–H and O–H groups in total. The molecule has 0 bridgehead atoms. The van der Waals surface area contributed by atoms with Crippen LogP contribution in [0.4, 0.5) is 5.82 Å². The first-order valence-electron chi connectivity index (χ1n) is 8.44. The van der Waals surface area contributed by atoms with E-state index in [2.05, 4.69) is 27.4 Å². The van der Waals surface area contributed by atoms with Crippen LogP contribution in [0.5, 0.6) is 0 Å². The van der Waals surface area contributed by atoms with Crippen LogP contribution in [0.25, 0.3) is 0 Å². The van der Waals surface area contributed by atoms with E-state index in [0.29, 0.717) is 11.4 Å². The third kappa shape index (κ3) is 4.26. The molecule has 3 rings (SSSR count). The molecule has 6 heteroatoms. The Morgan fingerprint density at radius 3 is 2.65 bits per heavy atom. The molecule has 26 heavy (non-hydrogen) atoms. The summed E-state index contributed by atoms with van der Waals surface area (Å²) in [5.74, 6) is 0.770. The van der Waals surface area contributed by atoms with E-state index in [-0.39, 0.29) is 5.91 Å². The molecule has 134 valence electrons. The summed E-state index contributed by atoms with van der Waals surface area (Å²) in [4.78, 5) is 24.2. The van der Waals surface area contributed by atoms with Gasteiger partial charge in [0.05, 0.1) is 10.7 Å².